The summed E-state index contributed by atoms with van der Waals surface area (Å²) >= 11 is 0. The number of carbonyl (C=O) groups excluding carboxylic acids is 1. The topological polar surface area (TPSA) is 68.7 Å². The molecule has 4 heteroatoms. The number of amides is 1. The number of nitriles is 1. The number of H-pyrrole nitrogens is 1. The summed E-state index contributed by atoms with van der Waals surface area (Å²) in [6.45, 7) is 0. The highest BCUT2D eigenvalue weighted by Crippen LogP contribution is 2.09. The Hall–Kier alpha value is -2.80. The average molecular weight is 237 g/mol. The summed E-state index contributed by atoms with van der Waals surface area (Å²) in [5, 5.41) is 11.6. The Morgan fingerprint density at radius 1 is 1.22 bits per heavy atom. The molecular formula is C14H11N3O. The number of aromatic nitrogens is 1. The highest BCUT2D eigenvalue weighted by Gasteiger charge is 2.09. The molecule has 0 bridgehead atoms. The molecule has 0 atom stereocenters. The van der Waals surface area contributed by atoms with Crippen LogP contribution in [0.4, 0.5) is 5.69 Å². The van der Waals surface area contributed by atoms with E-state index in [2.05, 4.69) is 10.3 Å². The number of nitrogens with one attached hydrogen (secondary N) is 2. The molecule has 18 heavy (non-hydrogen) atoms. The molecule has 2 aromatic rings. The summed E-state index contributed by atoms with van der Waals surface area (Å²) in [6, 6.07) is 14.5. The number of hydrogen-bond acceptors (Lipinski definition) is 2. The van der Waals surface area contributed by atoms with Gasteiger partial charge in [-0.3, -0.25) is 4.79 Å². The Morgan fingerprint density at radius 2 is 2.00 bits per heavy atom. The van der Waals surface area contributed by atoms with E-state index in [-0.39, 0.29) is 5.57 Å². The largest absolute Gasteiger partial charge is 0.362 e. The van der Waals surface area contributed by atoms with Gasteiger partial charge in [-0.2, -0.15) is 5.26 Å². The molecular weight excluding hydrogens is 226 g/mol. The van der Waals surface area contributed by atoms with Gasteiger partial charge >= 0.3 is 0 Å². The Balaban J connectivity index is 2.15. The van der Waals surface area contributed by atoms with Gasteiger partial charge in [-0.1, -0.05) is 18.2 Å². The average Bonchev–Trinajstić information content (AvgIpc) is 2.90. The molecule has 1 aromatic carbocycles. The third-order valence-electron chi connectivity index (χ3n) is 2.32. The van der Waals surface area contributed by atoms with Crippen molar-refractivity contribution in [2.75, 3.05) is 5.32 Å². The van der Waals surface area contributed by atoms with Gasteiger partial charge in [0, 0.05) is 17.6 Å². The molecule has 0 aliphatic heterocycles. The normalized spacial score (nSPS) is 10.7. The molecule has 1 heterocycles. The summed E-state index contributed by atoms with van der Waals surface area (Å²) < 4.78 is 0. The predicted molar refractivity (Wildman–Crippen MR) is 69.5 cm³/mol. The maximum absolute atomic E-state index is 11.9. The summed E-state index contributed by atoms with van der Waals surface area (Å²) in [4.78, 5) is 14.8. The minimum absolute atomic E-state index is 0.0568. The zero-order chi connectivity index (χ0) is 12.8. The van der Waals surface area contributed by atoms with Crippen molar-refractivity contribution < 1.29 is 4.79 Å². The zero-order valence-corrected chi connectivity index (χ0v) is 9.55. The monoisotopic (exact) mass is 237 g/mol. The van der Waals surface area contributed by atoms with Gasteiger partial charge in [-0.25, -0.2) is 0 Å². The second-order valence-electron chi connectivity index (χ2n) is 3.62. The predicted octanol–water partition coefficient (Wildman–Crippen LogP) is 2.56. The third-order valence-corrected chi connectivity index (χ3v) is 2.32. The van der Waals surface area contributed by atoms with Crippen LogP contribution in [0.15, 0.2) is 54.2 Å². The standard InChI is InChI=1S/C14H11N3O/c15-10-11(9-13-7-4-8-16-13)14(18)17-12-5-2-1-3-6-12/h1-9,16H,(H,17,18)/b11-9+. The van der Waals surface area contributed by atoms with Crippen LogP contribution in [0.1, 0.15) is 5.69 Å². The molecule has 0 saturated heterocycles. The second kappa shape index (κ2) is 5.51. The first-order chi connectivity index (χ1) is 8.79. The Kier molecular flexibility index (Phi) is 3.57. The molecule has 0 unspecified atom stereocenters. The molecule has 0 spiro atoms. The van der Waals surface area contributed by atoms with E-state index in [1.807, 2.05) is 24.3 Å². The van der Waals surface area contributed by atoms with Gasteiger partial charge in [0.1, 0.15) is 11.6 Å². The highest BCUT2D eigenvalue weighted by atomic mass is 16.1. The van der Waals surface area contributed by atoms with E-state index in [0.717, 1.165) is 5.69 Å². The lowest BCUT2D eigenvalue weighted by Crippen LogP contribution is -2.13. The fourth-order valence-corrected chi connectivity index (χ4v) is 1.46. The third kappa shape index (κ3) is 2.86. The lowest BCUT2D eigenvalue weighted by atomic mass is 10.2. The van der Waals surface area contributed by atoms with Gasteiger partial charge in [0.2, 0.25) is 0 Å². The SMILES string of the molecule is N#C/C(=C\c1ccc[nH]1)C(=O)Nc1ccccc1. The lowest BCUT2D eigenvalue weighted by molar-refractivity contribution is -0.112. The molecule has 4 nitrogen and oxygen atoms in total. The smallest absolute Gasteiger partial charge is 0.266 e. The fraction of sp³-hybridized carbons (Fsp3) is 0. The van der Waals surface area contributed by atoms with E-state index in [4.69, 9.17) is 5.26 Å². The zero-order valence-electron chi connectivity index (χ0n) is 9.55. The van der Waals surface area contributed by atoms with E-state index < -0.39 is 5.91 Å². The van der Waals surface area contributed by atoms with Crippen molar-refractivity contribution in [1.82, 2.24) is 4.98 Å². The first-order valence-corrected chi connectivity index (χ1v) is 5.41. The van der Waals surface area contributed by atoms with Gasteiger partial charge in [-0.15, -0.1) is 0 Å². The number of nitrogens with zero attached hydrogens (tertiary/aromatic N) is 1. The lowest BCUT2D eigenvalue weighted by Gasteiger charge is -2.03. The minimum atomic E-state index is -0.418. The van der Waals surface area contributed by atoms with Gasteiger partial charge in [0.15, 0.2) is 0 Å². The molecule has 0 saturated carbocycles. The van der Waals surface area contributed by atoms with Crippen molar-refractivity contribution in [3.05, 3.63) is 59.9 Å². The molecule has 0 aliphatic carbocycles. The van der Waals surface area contributed by atoms with Crippen molar-refractivity contribution >= 4 is 17.7 Å². The van der Waals surface area contributed by atoms with Crippen molar-refractivity contribution in [1.29, 1.82) is 5.26 Å². The summed E-state index contributed by atoms with van der Waals surface area (Å²) in [7, 11) is 0. The quantitative estimate of drug-likeness (QED) is 0.636. The summed E-state index contributed by atoms with van der Waals surface area (Å²) in [5.74, 6) is -0.418. The molecule has 1 amide bonds. The first-order valence-electron chi connectivity index (χ1n) is 5.41. The number of para-hydroxylation sites is 1. The van der Waals surface area contributed by atoms with Crippen LogP contribution in [0.5, 0.6) is 0 Å². The molecule has 0 fully saturated rings. The number of benzene rings is 1. The van der Waals surface area contributed by atoms with Crippen LogP contribution < -0.4 is 5.32 Å². The van der Waals surface area contributed by atoms with E-state index in [1.54, 1.807) is 30.5 Å². The maximum atomic E-state index is 11.9. The van der Waals surface area contributed by atoms with Crippen LogP contribution in [0.3, 0.4) is 0 Å². The van der Waals surface area contributed by atoms with Crippen LogP contribution >= 0.6 is 0 Å². The molecule has 2 rings (SSSR count). The number of carbonyl (C=O) groups is 1. The van der Waals surface area contributed by atoms with Crippen molar-refractivity contribution in [3.63, 3.8) is 0 Å². The van der Waals surface area contributed by atoms with E-state index >= 15 is 0 Å². The molecule has 1 aromatic heterocycles. The van der Waals surface area contributed by atoms with Gasteiger partial charge in [0.25, 0.3) is 5.91 Å². The van der Waals surface area contributed by atoms with E-state index in [1.165, 1.54) is 6.08 Å². The van der Waals surface area contributed by atoms with Crippen LogP contribution in [-0.4, -0.2) is 10.9 Å². The minimum Gasteiger partial charge on any atom is -0.362 e. The second-order valence-corrected chi connectivity index (χ2v) is 3.62. The fourth-order valence-electron chi connectivity index (χ4n) is 1.46. The van der Waals surface area contributed by atoms with Gasteiger partial charge < -0.3 is 10.3 Å². The van der Waals surface area contributed by atoms with Crippen LogP contribution in [-0.2, 0) is 4.79 Å². The van der Waals surface area contributed by atoms with Gasteiger partial charge in [0.05, 0.1) is 0 Å². The Morgan fingerprint density at radius 3 is 2.61 bits per heavy atom. The van der Waals surface area contributed by atoms with Crippen molar-refractivity contribution in [3.8, 4) is 6.07 Å². The van der Waals surface area contributed by atoms with E-state index in [9.17, 15) is 4.79 Å². The summed E-state index contributed by atoms with van der Waals surface area (Å²) in [6.07, 6.45) is 3.24. The Bertz CT molecular complexity index is 592. The van der Waals surface area contributed by atoms with E-state index in [0.29, 0.717) is 5.69 Å². The first kappa shape index (κ1) is 11.7. The number of anilines is 1. The molecule has 0 radical (unpaired) electrons. The van der Waals surface area contributed by atoms with Crippen LogP contribution in [0, 0.1) is 11.3 Å². The molecule has 88 valence electrons. The molecule has 0 aliphatic rings. The van der Waals surface area contributed by atoms with Crippen LogP contribution in [0.2, 0.25) is 0 Å². The van der Waals surface area contributed by atoms with Crippen molar-refractivity contribution in [2.45, 2.75) is 0 Å². The number of hydrogen-bond donors (Lipinski definition) is 2. The van der Waals surface area contributed by atoms with Crippen molar-refractivity contribution in [2.24, 2.45) is 0 Å². The van der Waals surface area contributed by atoms with Crippen LogP contribution in [0.25, 0.3) is 6.08 Å². The van der Waals surface area contributed by atoms with Gasteiger partial charge in [-0.05, 0) is 30.3 Å². The molecule has 2 N–H and O–H groups in total. The summed E-state index contributed by atoms with van der Waals surface area (Å²) in [5.41, 5.74) is 1.44. The Labute approximate surface area is 105 Å². The number of aromatic amines is 1. The maximum Gasteiger partial charge on any atom is 0.266 e. The highest BCUT2D eigenvalue weighted by molar-refractivity contribution is 6.09. The number of rotatable bonds is 3.